The highest BCUT2D eigenvalue weighted by atomic mass is 16.7. The van der Waals surface area contributed by atoms with Gasteiger partial charge in [0.1, 0.15) is 12.2 Å². The van der Waals surface area contributed by atoms with Gasteiger partial charge in [-0.2, -0.15) is 0 Å². The van der Waals surface area contributed by atoms with Gasteiger partial charge >= 0.3 is 5.97 Å². The number of unbranched alkanes of at least 4 members (excludes halogenated alkanes) is 11. The molecule has 2 saturated heterocycles. The molecule has 6 atom stereocenters. The van der Waals surface area contributed by atoms with Crippen LogP contribution in [0.1, 0.15) is 122 Å². The van der Waals surface area contributed by atoms with Gasteiger partial charge < -0.3 is 24.4 Å². The summed E-state index contributed by atoms with van der Waals surface area (Å²) in [5, 5.41) is 21.0. The SMILES string of the molecule is CCC=CCCCCCCCCCCCCCC(O)CC1CC(O)CC2(CC3OC(=O)C=CC3O2)O1. The van der Waals surface area contributed by atoms with Crippen molar-refractivity contribution in [3.63, 3.8) is 0 Å². The molecule has 0 aromatic carbocycles. The molecule has 2 fully saturated rings. The first-order valence-electron chi connectivity index (χ1n) is 14.8. The van der Waals surface area contributed by atoms with Gasteiger partial charge in [-0.15, -0.1) is 0 Å². The van der Waals surface area contributed by atoms with E-state index in [9.17, 15) is 15.0 Å². The number of rotatable bonds is 17. The van der Waals surface area contributed by atoms with E-state index in [4.69, 9.17) is 14.2 Å². The number of hydrogen-bond donors (Lipinski definition) is 2. The zero-order chi connectivity index (χ0) is 25.6. The van der Waals surface area contributed by atoms with E-state index in [-0.39, 0.29) is 24.3 Å². The highest BCUT2D eigenvalue weighted by Gasteiger charge is 2.53. The van der Waals surface area contributed by atoms with E-state index in [0.717, 1.165) is 25.7 Å². The van der Waals surface area contributed by atoms with Crippen molar-refractivity contribution in [2.45, 2.75) is 159 Å². The lowest BCUT2D eigenvalue weighted by Crippen LogP contribution is -2.47. The first kappa shape index (κ1) is 29.3. The van der Waals surface area contributed by atoms with Crippen molar-refractivity contribution in [3.8, 4) is 0 Å². The van der Waals surface area contributed by atoms with E-state index >= 15 is 0 Å². The summed E-state index contributed by atoms with van der Waals surface area (Å²) in [4.78, 5) is 11.5. The third-order valence-electron chi connectivity index (χ3n) is 7.73. The second kappa shape index (κ2) is 15.9. The van der Waals surface area contributed by atoms with Gasteiger partial charge in [-0.1, -0.05) is 83.3 Å². The number of aliphatic hydroxyl groups excluding tert-OH is 2. The maximum Gasteiger partial charge on any atom is 0.330 e. The Hall–Kier alpha value is -1.21. The van der Waals surface area contributed by atoms with E-state index in [2.05, 4.69) is 19.1 Å². The van der Waals surface area contributed by atoms with Gasteiger partial charge in [-0.25, -0.2) is 4.79 Å². The molecule has 0 amide bonds. The molecule has 3 heterocycles. The smallest absolute Gasteiger partial charge is 0.330 e. The molecule has 6 nitrogen and oxygen atoms in total. The van der Waals surface area contributed by atoms with E-state index < -0.39 is 18.0 Å². The van der Waals surface area contributed by atoms with Crippen LogP contribution in [-0.4, -0.2) is 52.5 Å². The van der Waals surface area contributed by atoms with Crippen LogP contribution in [-0.2, 0) is 19.0 Å². The molecule has 1 spiro atoms. The molecule has 0 aliphatic carbocycles. The number of aliphatic hydroxyl groups is 2. The normalized spacial score (nSPS) is 30.7. The lowest BCUT2D eigenvalue weighted by atomic mass is 9.92. The second-order valence-electron chi connectivity index (χ2n) is 11.1. The van der Waals surface area contributed by atoms with Gasteiger partial charge in [0.25, 0.3) is 0 Å². The largest absolute Gasteiger partial charge is 0.456 e. The Morgan fingerprint density at radius 3 is 2.33 bits per heavy atom. The molecule has 3 aliphatic rings. The summed E-state index contributed by atoms with van der Waals surface area (Å²) in [7, 11) is 0. The predicted octanol–water partition coefficient (Wildman–Crippen LogP) is 6.28. The summed E-state index contributed by atoms with van der Waals surface area (Å²) in [6.07, 6.45) is 24.9. The molecule has 2 N–H and O–H groups in total. The molecule has 36 heavy (non-hydrogen) atoms. The molecular weight excluding hydrogens is 456 g/mol. The maximum atomic E-state index is 11.5. The minimum atomic E-state index is -0.932. The maximum absolute atomic E-state index is 11.5. The van der Waals surface area contributed by atoms with Crippen molar-refractivity contribution in [1.82, 2.24) is 0 Å². The van der Waals surface area contributed by atoms with Crippen LogP contribution in [0.2, 0.25) is 0 Å². The third-order valence-corrected chi connectivity index (χ3v) is 7.73. The number of fused-ring (bicyclic) bond motifs is 1. The van der Waals surface area contributed by atoms with E-state index in [0.29, 0.717) is 25.7 Å². The average molecular weight is 507 g/mol. The number of ether oxygens (including phenoxy) is 3. The molecule has 0 saturated carbocycles. The topological polar surface area (TPSA) is 85.2 Å². The van der Waals surface area contributed by atoms with Crippen LogP contribution in [0.4, 0.5) is 0 Å². The molecule has 0 aromatic rings. The quantitative estimate of drug-likeness (QED) is 0.137. The zero-order valence-corrected chi connectivity index (χ0v) is 22.5. The fraction of sp³-hybridized carbons (Fsp3) is 0.833. The summed E-state index contributed by atoms with van der Waals surface area (Å²) in [6, 6.07) is 0. The van der Waals surface area contributed by atoms with Gasteiger partial charge in [0.15, 0.2) is 5.79 Å². The monoisotopic (exact) mass is 506 g/mol. The highest BCUT2D eigenvalue weighted by Crippen LogP contribution is 2.44. The Morgan fingerprint density at radius 1 is 0.972 bits per heavy atom. The van der Waals surface area contributed by atoms with Crippen molar-refractivity contribution < 1.29 is 29.2 Å². The fourth-order valence-corrected chi connectivity index (χ4v) is 5.86. The van der Waals surface area contributed by atoms with Crippen molar-refractivity contribution in [3.05, 3.63) is 24.3 Å². The molecule has 3 rings (SSSR count). The molecule has 6 unspecified atom stereocenters. The van der Waals surface area contributed by atoms with Gasteiger partial charge in [0.05, 0.1) is 18.3 Å². The van der Waals surface area contributed by atoms with Crippen LogP contribution in [0.3, 0.4) is 0 Å². The van der Waals surface area contributed by atoms with Crippen molar-refractivity contribution in [1.29, 1.82) is 0 Å². The molecule has 0 bridgehead atoms. The van der Waals surface area contributed by atoms with Crippen LogP contribution in [0, 0.1) is 0 Å². The van der Waals surface area contributed by atoms with Crippen LogP contribution in [0.25, 0.3) is 0 Å². The molecule has 6 heteroatoms. The Bertz CT molecular complexity index is 691. The highest BCUT2D eigenvalue weighted by molar-refractivity contribution is 5.83. The number of carbonyl (C=O) groups is 1. The Morgan fingerprint density at radius 2 is 1.64 bits per heavy atom. The standard InChI is InChI=1S/C30H50O6/c1-2-3-4-5-6-7-8-9-10-11-12-13-14-15-16-17-24(31)20-26-21-25(32)22-30(35-26)23-28-27(36-30)18-19-29(33)34-28/h3-4,18-19,24-28,31-32H,2,5-17,20-23H2,1H3. The number of carbonyl (C=O) groups excluding carboxylic acids is 1. The first-order valence-corrected chi connectivity index (χ1v) is 14.8. The Labute approximate surface area is 218 Å². The summed E-state index contributed by atoms with van der Waals surface area (Å²) in [5.74, 6) is -1.29. The average Bonchev–Trinajstić information content (AvgIpc) is 3.16. The molecular formula is C30H50O6. The van der Waals surface area contributed by atoms with Crippen LogP contribution in [0.5, 0.6) is 0 Å². The van der Waals surface area contributed by atoms with E-state index in [1.54, 1.807) is 6.08 Å². The second-order valence-corrected chi connectivity index (χ2v) is 11.1. The molecule has 3 aliphatic heterocycles. The van der Waals surface area contributed by atoms with Crippen LogP contribution >= 0.6 is 0 Å². The van der Waals surface area contributed by atoms with Crippen LogP contribution in [0.15, 0.2) is 24.3 Å². The number of allylic oxidation sites excluding steroid dienone is 2. The lowest BCUT2D eigenvalue weighted by molar-refractivity contribution is -0.285. The van der Waals surface area contributed by atoms with Crippen molar-refractivity contribution in [2.24, 2.45) is 0 Å². The Kier molecular flexibility index (Phi) is 13.0. The minimum absolute atomic E-state index is 0.253. The summed E-state index contributed by atoms with van der Waals surface area (Å²) in [6.45, 7) is 2.19. The lowest BCUT2D eigenvalue weighted by Gasteiger charge is -2.40. The summed E-state index contributed by atoms with van der Waals surface area (Å²) < 4.78 is 17.7. The molecule has 0 radical (unpaired) electrons. The minimum Gasteiger partial charge on any atom is -0.456 e. The van der Waals surface area contributed by atoms with E-state index in [1.165, 1.54) is 70.3 Å². The van der Waals surface area contributed by atoms with Crippen molar-refractivity contribution in [2.75, 3.05) is 0 Å². The van der Waals surface area contributed by atoms with Gasteiger partial charge in [0.2, 0.25) is 0 Å². The summed E-state index contributed by atoms with van der Waals surface area (Å²) in [5.41, 5.74) is 0. The number of esters is 1. The van der Waals surface area contributed by atoms with Gasteiger partial charge in [-0.05, 0) is 44.6 Å². The molecule has 206 valence electrons. The first-order chi connectivity index (χ1) is 17.5. The predicted molar refractivity (Wildman–Crippen MR) is 141 cm³/mol. The zero-order valence-electron chi connectivity index (χ0n) is 22.5. The Balaban J connectivity index is 1.19. The van der Waals surface area contributed by atoms with Crippen LogP contribution < -0.4 is 0 Å². The van der Waals surface area contributed by atoms with Crippen molar-refractivity contribution >= 4 is 5.97 Å². The third kappa shape index (κ3) is 10.3. The van der Waals surface area contributed by atoms with Gasteiger partial charge in [-0.3, -0.25) is 0 Å². The number of hydrogen-bond acceptors (Lipinski definition) is 6. The van der Waals surface area contributed by atoms with E-state index in [1.807, 2.05) is 0 Å². The fourth-order valence-electron chi connectivity index (χ4n) is 5.86. The molecule has 0 aromatic heterocycles. The van der Waals surface area contributed by atoms with Gasteiger partial charge in [0, 0.05) is 18.9 Å². The summed E-state index contributed by atoms with van der Waals surface area (Å²) >= 11 is 0.